The van der Waals surface area contributed by atoms with Gasteiger partial charge in [0.25, 0.3) is 15.7 Å². The Morgan fingerprint density at radius 1 is 1.07 bits per heavy atom. The standard InChI is InChI=1S/C27H47N3O9SSi2/c1-17-14-30(24(33)29(9)22(17)32)23-21(38-42(12,13)26(6,7)8)27(19(28-18(2)31)16-40(34,35)39-27)20(37-23)15-36-41(10,11)25(3,4)5/h14,16,20-21,23H,15H2,1-13H3,(H,28,31). The maximum atomic E-state index is 13.5. The molecular formula is C27H47N3O9SSi2. The third-order valence-corrected chi connectivity index (χ3v) is 19.1. The number of nitrogens with zero attached hydrogens (tertiary/aromatic N) is 2. The fourth-order valence-electron chi connectivity index (χ4n) is 4.52. The minimum absolute atomic E-state index is 0.0559. The Morgan fingerprint density at radius 3 is 2.12 bits per heavy atom. The van der Waals surface area contributed by atoms with Crippen molar-refractivity contribution in [1.29, 1.82) is 0 Å². The Kier molecular flexibility index (Phi) is 9.00. The molecule has 15 heteroatoms. The van der Waals surface area contributed by atoms with Crippen molar-refractivity contribution in [2.45, 2.75) is 116 Å². The quantitative estimate of drug-likeness (QED) is 0.349. The van der Waals surface area contributed by atoms with Crippen LogP contribution >= 0.6 is 0 Å². The van der Waals surface area contributed by atoms with Crippen molar-refractivity contribution < 1.29 is 31.0 Å². The number of nitrogens with one attached hydrogen (secondary N) is 1. The van der Waals surface area contributed by atoms with Gasteiger partial charge in [0.05, 0.1) is 17.7 Å². The average molecular weight is 646 g/mol. The Balaban J connectivity index is 2.36. The smallest absolute Gasteiger partial charge is 0.332 e. The van der Waals surface area contributed by atoms with E-state index in [0.29, 0.717) is 0 Å². The van der Waals surface area contributed by atoms with E-state index in [1.807, 2.05) is 47.0 Å². The summed E-state index contributed by atoms with van der Waals surface area (Å²) in [6.07, 6.45) is -2.19. The van der Waals surface area contributed by atoms with E-state index in [2.05, 4.69) is 26.1 Å². The summed E-state index contributed by atoms with van der Waals surface area (Å²) in [7, 11) is -8.10. The van der Waals surface area contributed by atoms with Gasteiger partial charge in [0, 0.05) is 25.7 Å². The van der Waals surface area contributed by atoms with Gasteiger partial charge in [0.1, 0.15) is 12.2 Å². The van der Waals surface area contributed by atoms with Crippen LogP contribution in [0.4, 0.5) is 0 Å². The van der Waals surface area contributed by atoms with Gasteiger partial charge in [-0.25, -0.2) is 8.98 Å². The summed E-state index contributed by atoms with van der Waals surface area (Å²) in [5.74, 6) is -0.518. The van der Waals surface area contributed by atoms with Gasteiger partial charge in [0.2, 0.25) is 5.91 Å². The van der Waals surface area contributed by atoms with Crippen molar-refractivity contribution in [3.63, 3.8) is 0 Å². The van der Waals surface area contributed by atoms with Crippen LogP contribution in [0.25, 0.3) is 0 Å². The van der Waals surface area contributed by atoms with Crippen LogP contribution in [0.1, 0.15) is 60.3 Å². The Morgan fingerprint density at radius 2 is 1.62 bits per heavy atom. The molecule has 3 rings (SSSR count). The second-order valence-electron chi connectivity index (χ2n) is 14.3. The normalized spacial score (nSPS) is 26.5. The summed E-state index contributed by atoms with van der Waals surface area (Å²) in [6.45, 7) is 23.1. The van der Waals surface area contributed by atoms with E-state index < -0.39 is 67.9 Å². The fraction of sp³-hybridized carbons (Fsp3) is 0.741. The van der Waals surface area contributed by atoms with Gasteiger partial charge < -0.3 is 18.9 Å². The summed E-state index contributed by atoms with van der Waals surface area (Å²) in [4.78, 5) is 38.5. The Bertz CT molecular complexity index is 1500. The molecule has 0 radical (unpaired) electrons. The molecule has 2 aliphatic rings. The Labute approximate surface area is 250 Å². The minimum Gasteiger partial charge on any atom is -0.414 e. The summed E-state index contributed by atoms with van der Waals surface area (Å²) >= 11 is 0. The highest BCUT2D eigenvalue weighted by Gasteiger charge is 2.68. The zero-order chi connectivity index (χ0) is 32.4. The van der Waals surface area contributed by atoms with Crippen LogP contribution in [-0.2, 0) is 39.7 Å². The monoisotopic (exact) mass is 645 g/mol. The maximum absolute atomic E-state index is 13.5. The van der Waals surface area contributed by atoms with Crippen molar-refractivity contribution in [2.24, 2.45) is 7.05 Å². The lowest BCUT2D eigenvalue weighted by Gasteiger charge is -2.44. The SMILES string of the molecule is CC(=O)NC1=CS(=O)(=O)OC12C(CO[Si](C)(C)C(C)(C)C)OC(n1cc(C)c(=O)n(C)c1=O)C2O[Si](C)(C)C(C)(C)C. The van der Waals surface area contributed by atoms with Crippen LogP contribution < -0.4 is 16.6 Å². The molecule has 0 aliphatic carbocycles. The van der Waals surface area contributed by atoms with E-state index >= 15 is 0 Å². The van der Waals surface area contributed by atoms with Gasteiger partial charge in [-0.3, -0.25) is 18.7 Å². The second-order valence-corrected chi connectivity index (χ2v) is 25.3. The highest BCUT2D eigenvalue weighted by atomic mass is 32.2. The zero-order valence-corrected chi connectivity index (χ0v) is 29.9. The van der Waals surface area contributed by atoms with Crippen LogP contribution in [0.2, 0.25) is 36.3 Å². The second kappa shape index (κ2) is 10.9. The molecule has 0 bridgehead atoms. The van der Waals surface area contributed by atoms with Crippen LogP contribution in [0.3, 0.4) is 0 Å². The molecule has 1 N–H and O–H groups in total. The van der Waals surface area contributed by atoms with Gasteiger partial charge >= 0.3 is 5.69 Å². The largest absolute Gasteiger partial charge is 0.414 e. The lowest BCUT2D eigenvalue weighted by molar-refractivity contribution is -0.119. The summed E-state index contributed by atoms with van der Waals surface area (Å²) in [5, 5.41) is 3.00. The van der Waals surface area contributed by atoms with Crippen molar-refractivity contribution in [3.05, 3.63) is 43.7 Å². The number of hydrogen-bond acceptors (Lipinski definition) is 9. The van der Waals surface area contributed by atoms with Gasteiger partial charge in [-0.05, 0) is 43.2 Å². The highest BCUT2D eigenvalue weighted by molar-refractivity contribution is 7.90. The minimum atomic E-state index is -4.32. The molecule has 42 heavy (non-hydrogen) atoms. The molecule has 0 aromatic carbocycles. The van der Waals surface area contributed by atoms with Crippen molar-refractivity contribution in [2.75, 3.05) is 6.61 Å². The first-order valence-electron chi connectivity index (χ1n) is 14.0. The number of carbonyl (C=O) groups is 1. The van der Waals surface area contributed by atoms with E-state index in [1.54, 1.807) is 6.92 Å². The number of carbonyl (C=O) groups excluding carboxylic acids is 1. The van der Waals surface area contributed by atoms with Crippen LogP contribution in [0, 0.1) is 6.92 Å². The van der Waals surface area contributed by atoms with E-state index in [1.165, 1.54) is 24.7 Å². The lowest BCUT2D eigenvalue weighted by atomic mass is 9.89. The number of rotatable bonds is 7. The van der Waals surface area contributed by atoms with Crippen LogP contribution in [0.15, 0.2) is 26.9 Å². The highest BCUT2D eigenvalue weighted by Crippen LogP contribution is 2.52. The van der Waals surface area contributed by atoms with Crippen LogP contribution in [-0.4, -0.2) is 64.5 Å². The number of aryl methyl sites for hydroxylation is 1. The average Bonchev–Trinajstić information content (AvgIpc) is 3.24. The molecule has 4 unspecified atom stereocenters. The molecule has 1 aromatic heterocycles. The van der Waals surface area contributed by atoms with E-state index in [-0.39, 0.29) is 27.9 Å². The molecule has 1 aromatic rings. The molecule has 1 fully saturated rings. The van der Waals surface area contributed by atoms with Gasteiger partial charge in [0.15, 0.2) is 28.5 Å². The molecule has 1 spiro atoms. The van der Waals surface area contributed by atoms with Crippen molar-refractivity contribution in [1.82, 2.24) is 14.5 Å². The zero-order valence-electron chi connectivity index (χ0n) is 27.1. The maximum Gasteiger partial charge on any atom is 0.332 e. The first-order valence-corrected chi connectivity index (χ1v) is 21.3. The lowest BCUT2D eigenvalue weighted by Crippen LogP contribution is -2.60. The number of aromatic nitrogens is 2. The van der Waals surface area contributed by atoms with Crippen molar-refractivity contribution >= 4 is 32.7 Å². The van der Waals surface area contributed by atoms with Gasteiger partial charge in [-0.1, -0.05) is 41.5 Å². The van der Waals surface area contributed by atoms with E-state index in [0.717, 1.165) is 9.98 Å². The fourth-order valence-corrected chi connectivity index (χ4v) is 8.06. The third kappa shape index (κ3) is 6.19. The molecule has 2 aliphatic heterocycles. The predicted octanol–water partition coefficient (Wildman–Crippen LogP) is 3.24. The summed E-state index contributed by atoms with van der Waals surface area (Å²) in [5.41, 5.74) is -2.82. The number of amides is 1. The molecule has 1 saturated heterocycles. The molecule has 238 valence electrons. The third-order valence-electron chi connectivity index (χ3n) is 9.10. The summed E-state index contributed by atoms with van der Waals surface area (Å²) in [6, 6.07) is 0. The first-order chi connectivity index (χ1) is 18.8. The first kappa shape index (κ1) is 34.6. The molecular weight excluding hydrogens is 599 g/mol. The number of hydrogen-bond donors (Lipinski definition) is 1. The van der Waals surface area contributed by atoms with Gasteiger partial charge in [-0.15, -0.1) is 0 Å². The number of ether oxygens (including phenoxy) is 1. The molecule has 0 saturated carbocycles. The molecule has 4 atom stereocenters. The molecule has 1 amide bonds. The molecule has 12 nitrogen and oxygen atoms in total. The van der Waals surface area contributed by atoms with Gasteiger partial charge in [-0.2, -0.15) is 8.42 Å². The summed E-state index contributed by atoms with van der Waals surface area (Å²) < 4.78 is 54.4. The molecule has 3 heterocycles. The van der Waals surface area contributed by atoms with Crippen molar-refractivity contribution in [3.8, 4) is 0 Å². The van der Waals surface area contributed by atoms with E-state index in [4.69, 9.17) is 17.8 Å². The predicted molar refractivity (Wildman–Crippen MR) is 164 cm³/mol. The Hall–Kier alpha value is -1.89. The van der Waals surface area contributed by atoms with Crippen LogP contribution in [0.5, 0.6) is 0 Å². The topological polar surface area (TPSA) is 144 Å². The van der Waals surface area contributed by atoms with E-state index in [9.17, 15) is 22.8 Å².